The second-order valence-corrected chi connectivity index (χ2v) is 6.36. The number of amides is 1. The van der Waals surface area contributed by atoms with Crippen molar-refractivity contribution in [1.82, 2.24) is 9.38 Å². The summed E-state index contributed by atoms with van der Waals surface area (Å²) >= 11 is 0. The number of ether oxygens (including phenoxy) is 1. The Labute approximate surface area is 157 Å². The highest BCUT2D eigenvalue weighted by Crippen LogP contribution is 2.23. The molecule has 2 aromatic heterocycles. The van der Waals surface area contributed by atoms with E-state index in [9.17, 15) is 4.79 Å². The molecule has 5 nitrogen and oxygen atoms in total. The largest absolute Gasteiger partial charge is 0.457 e. The van der Waals surface area contributed by atoms with E-state index in [4.69, 9.17) is 4.74 Å². The van der Waals surface area contributed by atoms with Crippen LogP contribution in [0.5, 0.6) is 11.5 Å². The Bertz CT molecular complexity index is 1100. The average Bonchev–Trinajstić information content (AvgIpc) is 3.08. The van der Waals surface area contributed by atoms with Crippen LogP contribution in [0.25, 0.3) is 5.65 Å². The third-order valence-electron chi connectivity index (χ3n) is 4.28. The molecule has 5 heteroatoms. The van der Waals surface area contributed by atoms with E-state index in [2.05, 4.69) is 10.3 Å². The Morgan fingerprint density at radius 3 is 2.41 bits per heavy atom. The van der Waals surface area contributed by atoms with Gasteiger partial charge in [-0.3, -0.25) is 4.79 Å². The van der Waals surface area contributed by atoms with Gasteiger partial charge in [-0.1, -0.05) is 18.2 Å². The van der Waals surface area contributed by atoms with Gasteiger partial charge in [-0.05, 0) is 62.4 Å². The summed E-state index contributed by atoms with van der Waals surface area (Å²) in [6.45, 7) is 3.92. The van der Waals surface area contributed by atoms with Crippen molar-refractivity contribution in [2.24, 2.45) is 0 Å². The molecule has 0 aliphatic heterocycles. The topological polar surface area (TPSA) is 55.6 Å². The number of fused-ring (bicyclic) bond motifs is 1. The maximum atomic E-state index is 12.7. The molecule has 2 aromatic carbocycles. The Kier molecular flexibility index (Phi) is 4.34. The van der Waals surface area contributed by atoms with Gasteiger partial charge in [0.2, 0.25) is 0 Å². The first-order valence-electron chi connectivity index (χ1n) is 8.70. The maximum Gasteiger partial charge on any atom is 0.259 e. The van der Waals surface area contributed by atoms with E-state index in [0.717, 1.165) is 17.1 Å². The lowest BCUT2D eigenvalue weighted by atomic mass is 10.2. The Morgan fingerprint density at radius 1 is 0.963 bits per heavy atom. The van der Waals surface area contributed by atoms with Crippen molar-refractivity contribution in [2.75, 3.05) is 5.32 Å². The molecule has 0 radical (unpaired) electrons. The van der Waals surface area contributed by atoms with Crippen LogP contribution >= 0.6 is 0 Å². The molecule has 2 heterocycles. The number of rotatable bonds is 4. The van der Waals surface area contributed by atoms with Crippen LogP contribution in [0.1, 0.15) is 21.7 Å². The molecule has 0 aliphatic rings. The van der Waals surface area contributed by atoms with E-state index in [-0.39, 0.29) is 5.91 Å². The molecule has 0 saturated heterocycles. The summed E-state index contributed by atoms with van der Waals surface area (Å²) in [6.07, 6.45) is 1.86. The molecule has 4 rings (SSSR count). The SMILES string of the molecule is Cc1cc(C)n2ccc(C(=O)Nc3ccc(Oc4ccccc4)cc3)c2n1. The van der Waals surface area contributed by atoms with Gasteiger partial charge in [-0.15, -0.1) is 0 Å². The summed E-state index contributed by atoms with van der Waals surface area (Å²) < 4.78 is 7.68. The predicted molar refractivity (Wildman–Crippen MR) is 106 cm³/mol. The van der Waals surface area contributed by atoms with Crippen LogP contribution in [0.2, 0.25) is 0 Å². The number of anilines is 1. The predicted octanol–water partition coefficient (Wildman–Crippen LogP) is 5.00. The van der Waals surface area contributed by atoms with Crippen LogP contribution in [0.3, 0.4) is 0 Å². The highest BCUT2D eigenvalue weighted by Gasteiger charge is 2.14. The molecule has 0 unspecified atom stereocenters. The van der Waals surface area contributed by atoms with E-state index in [1.54, 1.807) is 6.07 Å². The number of nitrogens with one attached hydrogen (secondary N) is 1. The van der Waals surface area contributed by atoms with Crippen LogP contribution < -0.4 is 10.1 Å². The molecule has 0 bridgehead atoms. The molecule has 4 aromatic rings. The van der Waals surface area contributed by atoms with Gasteiger partial charge in [0.15, 0.2) is 0 Å². The number of benzene rings is 2. The molecular formula is C22H19N3O2. The van der Waals surface area contributed by atoms with E-state index in [0.29, 0.717) is 22.6 Å². The fraction of sp³-hybridized carbons (Fsp3) is 0.0909. The second kappa shape index (κ2) is 6.96. The van der Waals surface area contributed by atoms with Gasteiger partial charge in [-0.25, -0.2) is 4.98 Å². The van der Waals surface area contributed by atoms with Gasteiger partial charge in [0.05, 0.1) is 5.56 Å². The lowest BCUT2D eigenvalue weighted by Gasteiger charge is -2.08. The summed E-state index contributed by atoms with van der Waals surface area (Å²) in [5.41, 5.74) is 3.83. The number of carbonyl (C=O) groups is 1. The number of aryl methyl sites for hydroxylation is 2. The van der Waals surface area contributed by atoms with Crippen LogP contribution in [0, 0.1) is 13.8 Å². The molecule has 0 saturated carbocycles. The van der Waals surface area contributed by atoms with Gasteiger partial charge in [0.25, 0.3) is 5.91 Å². The Morgan fingerprint density at radius 2 is 1.67 bits per heavy atom. The van der Waals surface area contributed by atoms with E-state index in [1.165, 1.54) is 0 Å². The van der Waals surface area contributed by atoms with E-state index in [1.807, 2.05) is 85.1 Å². The Hall–Kier alpha value is -3.60. The molecule has 0 atom stereocenters. The van der Waals surface area contributed by atoms with Crippen molar-refractivity contribution in [3.05, 3.63) is 89.9 Å². The van der Waals surface area contributed by atoms with Crippen molar-refractivity contribution in [1.29, 1.82) is 0 Å². The van der Waals surface area contributed by atoms with Gasteiger partial charge >= 0.3 is 0 Å². The zero-order chi connectivity index (χ0) is 18.8. The van der Waals surface area contributed by atoms with Gasteiger partial charge in [0, 0.05) is 23.3 Å². The van der Waals surface area contributed by atoms with Crippen molar-refractivity contribution >= 4 is 17.2 Å². The van der Waals surface area contributed by atoms with Crippen LogP contribution in [0.15, 0.2) is 72.9 Å². The lowest BCUT2D eigenvalue weighted by Crippen LogP contribution is -2.12. The minimum absolute atomic E-state index is 0.188. The van der Waals surface area contributed by atoms with Gasteiger partial charge in [0.1, 0.15) is 17.1 Å². The fourth-order valence-corrected chi connectivity index (χ4v) is 3.00. The van der Waals surface area contributed by atoms with Crippen LogP contribution in [-0.4, -0.2) is 15.3 Å². The highest BCUT2D eigenvalue weighted by molar-refractivity contribution is 6.08. The highest BCUT2D eigenvalue weighted by atomic mass is 16.5. The van der Waals surface area contributed by atoms with Crippen molar-refractivity contribution < 1.29 is 9.53 Å². The molecule has 134 valence electrons. The zero-order valence-corrected chi connectivity index (χ0v) is 15.1. The molecule has 1 N–H and O–H groups in total. The molecule has 27 heavy (non-hydrogen) atoms. The standard InChI is InChI=1S/C22H19N3O2/c1-15-14-16(2)25-13-12-20(21(25)23-15)22(26)24-17-8-10-19(11-9-17)27-18-6-4-3-5-7-18/h3-14H,1-2H3,(H,24,26). The molecule has 0 aliphatic carbocycles. The summed E-state index contributed by atoms with van der Waals surface area (Å²) in [6, 6.07) is 20.6. The van der Waals surface area contributed by atoms with Gasteiger partial charge < -0.3 is 14.5 Å². The average molecular weight is 357 g/mol. The molecular weight excluding hydrogens is 338 g/mol. The maximum absolute atomic E-state index is 12.7. The van der Waals surface area contributed by atoms with Crippen LogP contribution in [-0.2, 0) is 0 Å². The number of para-hydroxylation sites is 1. The third-order valence-corrected chi connectivity index (χ3v) is 4.28. The number of aromatic nitrogens is 2. The summed E-state index contributed by atoms with van der Waals surface area (Å²) in [5.74, 6) is 1.29. The Balaban J connectivity index is 1.52. The third kappa shape index (κ3) is 3.53. The van der Waals surface area contributed by atoms with Crippen molar-refractivity contribution in [3.63, 3.8) is 0 Å². The minimum atomic E-state index is -0.188. The van der Waals surface area contributed by atoms with Crippen molar-refractivity contribution in [2.45, 2.75) is 13.8 Å². The molecule has 1 amide bonds. The smallest absolute Gasteiger partial charge is 0.259 e. The lowest BCUT2D eigenvalue weighted by molar-refractivity contribution is 0.102. The number of nitrogens with zero attached hydrogens (tertiary/aromatic N) is 2. The normalized spacial score (nSPS) is 10.7. The second-order valence-electron chi connectivity index (χ2n) is 6.36. The molecule has 0 fully saturated rings. The first-order chi connectivity index (χ1) is 13.1. The first-order valence-corrected chi connectivity index (χ1v) is 8.70. The quantitative estimate of drug-likeness (QED) is 0.559. The number of carbonyl (C=O) groups excluding carboxylic acids is 1. The monoisotopic (exact) mass is 357 g/mol. The van der Waals surface area contributed by atoms with E-state index < -0.39 is 0 Å². The van der Waals surface area contributed by atoms with E-state index >= 15 is 0 Å². The summed E-state index contributed by atoms with van der Waals surface area (Å²) in [4.78, 5) is 17.2. The fourth-order valence-electron chi connectivity index (χ4n) is 3.00. The van der Waals surface area contributed by atoms with Crippen molar-refractivity contribution in [3.8, 4) is 11.5 Å². The summed E-state index contributed by atoms with van der Waals surface area (Å²) in [5, 5.41) is 2.92. The summed E-state index contributed by atoms with van der Waals surface area (Å²) in [7, 11) is 0. The number of hydrogen-bond donors (Lipinski definition) is 1. The van der Waals surface area contributed by atoms with Crippen LogP contribution in [0.4, 0.5) is 5.69 Å². The molecule has 0 spiro atoms. The number of hydrogen-bond acceptors (Lipinski definition) is 3. The van der Waals surface area contributed by atoms with Gasteiger partial charge in [-0.2, -0.15) is 0 Å². The minimum Gasteiger partial charge on any atom is -0.457 e. The first kappa shape index (κ1) is 16.8. The zero-order valence-electron chi connectivity index (χ0n) is 15.1.